The first-order valence-electron chi connectivity index (χ1n) is 8.72. The Morgan fingerprint density at radius 1 is 0.967 bits per heavy atom. The molecule has 5 nitrogen and oxygen atoms in total. The SMILES string of the molecule is O=S(=O)([O-])C(F)(F)F.[11CH3][n+]1c(/C=C/c2c[nH]c3ccccc23)ccc2ccccc21. The van der Waals surface area contributed by atoms with Crippen molar-refractivity contribution < 1.29 is 30.7 Å². The smallest absolute Gasteiger partial charge is 0.485 e. The maximum atomic E-state index is 10.7. The Morgan fingerprint density at radius 2 is 1.60 bits per heavy atom. The van der Waals surface area contributed by atoms with Crippen molar-refractivity contribution in [2.45, 2.75) is 5.51 Å². The van der Waals surface area contributed by atoms with E-state index in [1.54, 1.807) is 0 Å². The van der Waals surface area contributed by atoms with E-state index < -0.39 is 15.6 Å². The van der Waals surface area contributed by atoms with Crippen molar-refractivity contribution in [2.75, 3.05) is 0 Å². The van der Waals surface area contributed by atoms with Crippen molar-refractivity contribution in [1.82, 2.24) is 4.98 Å². The van der Waals surface area contributed by atoms with Gasteiger partial charge in [-0.1, -0.05) is 30.3 Å². The lowest BCUT2D eigenvalue weighted by Gasteiger charge is -2.08. The second-order valence-corrected chi connectivity index (χ2v) is 7.77. The molecule has 0 aliphatic heterocycles. The summed E-state index contributed by atoms with van der Waals surface area (Å²) in [5.74, 6) is 0. The molecule has 0 atom stereocenters. The van der Waals surface area contributed by atoms with E-state index in [4.69, 9.17) is 13.0 Å². The van der Waals surface area contributed by atoms with Gasteiger partial charge in [-0.3, -0.25) is 0 Å². The first-order valence-corrected chi connectivity index (χ1v) is 10.1. The number of hydrogen-bond donors (Lipinski definition) is 1. The van der Waals surface area contributed by atoms with Gasteiger partial charge in [-0.05, 0) is 29.8 Å². The minimum absolute atomic E-state index is 1.17. The standard InChI is InChI=1S/C20H16N2.CHF3O3S/c1-22-17(12-10-15-6-2-5-9-20(15)22)13-11-16-14-21-19-8-4-3-7-18(16)19;2-1(3,4)8(5,6)7/h2-14H,1H3;(H,5,6,7)/i1-1;. The summed E-state index contributed by atoms with van der Waals surface area (Å²) < 4.78 is 61.1. The molecule has 2 heterocycles. The zero-order valence-corrected chi connectivity index (χ0v) is 16.5. The van der Waals surface area contributed by atoms with Crippen molar-refractivity contribution in [2.24, 2.45) is 7.05 Å². The fourth-order valence-electron chi connectivity index (χ4n) is 2.93. The van der Waals surface area contributed by atoms with Gasteiger partial charge >= 0.3 is 5.51 Å². The number of aromatic nitrogens is 2. The molecule has 0 aliphatic rings. The van der Waals surface area contributed by atoms with Crippen LogP contribution in [-0.2, 0) is 17.2 Å². The number of rotatable bonds is 2. The first-order chi connectivity index (χ1) is 14.1. The minimum atomic E-state index is -6.09. The number of nitrogens with zero attached hydrogens (tertiary/aromatic N) is 1. The molecule has 30 heavy (non-hydrogen) atoms. The van der Waals surface area contributed by atoms with Crippen LogP contribution in [0.3, 0.4) is 0 Å². The maximum Gasteiger partial charge on any atom is 0.485 e. The molecule has 0 saturated heterocycles. The number of pyridine rings is 1. The van der Waals surface area contributed by atoms with Gasteiger partial charge in [-0.15, -0.1) is 0 Å². The average Bonchev–Trinajstić information content (AvgIpc) is 3.10. The molecule has 1 N–H and O–H groups in total. The van der Waals surface area contributed by atoms with E-state index in [9.17, 15) is 13.2 Å². The van der Waals surface area contributed by atoms with Crippen molar-refractivity contribution in [3.63, 3.8) is 0 Å². The van der Waals surface area contributed by atoms with Gasteiger partial charge in [0.1, 0.15) is 7.05 Å². The van der Waals surface area contributed by atoms with Gasteiger partial charge in [0.05, 0.1) is 0 Å². The highest BCUT2D eigenvalue weighted by Crippen LogP contribution is 2.21. The third kappa shape index (κ3) is 4.69. The molecule has 2 aromatic carbocycles. The van der Waals surface area contributed by atoms with Crippen molar-refractivity contribution in [3.8, 4) is 0 Å². The third-order valence-electron chi connectivity index (χ3n) is 4.46. The fraction of sp³-hybridized carbons (Fsp3) is 0.0952. The summed E-state index contributed by atoms with van der Waals surface area (Å²) in [6.07, 6.45) is 6.40. The molecule has 4 rings (SSSR count). The molecular weight excluding hydrogens is 416 g/mol. The van der Waals surface area contributed by atoms with Crippen LogP contribution in [0.1, 0.15) is 11.3 Å². The molecular formula is C21H17F3N2O3S. The molecule has 0 saturated carbocycles. The summed E-state index contributed by atoms with van der Waals surface area (Å²) >= 11 is 0. The van der Waals surface area contributed by atoms with Crippen LogP contribution in [0.5, 0.6) is 0 Å². The van der Waals surface area contributed by atoms with Crippen LogP contribution in [0.25, 0.3) is 34.0 Å². The lowest BCUT2D eigenvalue weighted by molar-refractivity contribution is -0.646. The fourth-order valence-corrected chi connectivity index (χ4v) is 2.93. The number of fused-ring (bicyclic) bond motifs is 2. The van der Waals surface area contributed by atoms with E-state index in [1.165, 1.54) is 33.1 Å². The van der Waals surface area contributed by atoms with E-state index in [0.29, 0.717) is 0 Å². The number of hydrogen-bond acceptors (Lipinski definition) is 3. The van der Waals surface area contributed by atoms with Crippen molar-refractivity contribution in [1.29, 1.82) is 0 Å². The number of halogens is 3. The van der Waals surface area contributed by atoms with Gasteiger partial charge in [0, 0.05) is 40.7 Å². The Balaban J connectivity index is 0.000000275. The highest BCUT2D eigenvalue weighted by molar-refractivity contribution is 7.86. The number of benzene rings is 2. The Bertz CT molecular complexity index is 1330. The van der Waals surface area contributed by atoms with E-state index in [0.717, 1.165) is 0 Å². The summed E-state index contributed by atoms with van der Waals surface area (Å²) in [4.78, 5) is 3.31. The van der Waals surface area contributed by atoms with E-state index in [1.807, 2.05) is 0 Å². The van der Waals surface area contributed by atoms with Crippen molar-refractivity contribution in [3.05, 3.63) is 78.1 Å². The molecule has 0 unspecified atom stereocenters. The van der Waals surface area contributed by atoms with Gasteiger partial charge < -0.3 is 9.54 Å². The summed E-state index contributed by atoms with van der Waals surface area (Å²) in [5, 5.41) is 2.51. The predicted octanol–water partition coefficient (Wildman–Crippen LogP) is 4.37. The highest BCUT2D eigenvalue weighted by Gasteiger charge is 2.36. The van der Waals surface area contributed by atoms with Crippen LogP contribution in [0, 0.1) is 0 Å². The number of para-hydroxylation sites is 2. The number of alkyl halides is 3. The Morgan fingerprint density at radius 3 is 2.30 bits per heavy atom. The van der Waals surface area contributed by atoms with Crippen LogP contribution in [0.2, 0.25) is 0 Å². The van der Waals surface area contributed by atoms with Gasteiger partial charge in [0.2, 0.25) is 11.2 Å². The van der Waals surface area contributed by atoms with Gasteiger partial charge in [-0.2, -0.15) is 17.7 Å². The zero-order valence-electron chi connectivity index (χ0n) is 15.7. The molecule has 0 amide bonds. The number of nitrogens with one attached hydrogen (secondary N) is 1. The first kappa shape index (κ1) is 21.5. The van der Waals surface area contributed by atoms with Crippen LogP contribution in [-0.4, -0.2) is 23.5 Å². The summed E-state index contributed by atoms with van der Waals surface area (Å²) in [7, 11) is -3.98. The second-order valence-electron chi connectivity index (χ2n) is 6.40. The third-order valence-corrected chi connectivity index (χ3v) is 5.02. The van der Waals surface area contributed by atoms with Gasteiger partial charge in [0.15, 0.2) is 10.1 Å². The summed E-state index contributed by atoms with van der Waals surface area (Å²) in [5.41, 5.74) is -0.839. The molecule has 156 valence electrons. The van der Waals surface area contributed by atoms with E-state index >= 15 is 0 Å². The van der Waals surface area contributed by atoms with E-state index in [2.05, 4.69) is 95.6 Å². The quantitative estimate of drug-likeness (QED) is 0.290. The monoisotopic (exact) mass is 433 g/mol. The Labute approximate surface area is 170 Å². The molecule has 0 bridgehead atoms. The number of aromatic amines is 1. The molecule has 0 aliphatic carbocycles. The van der Waals surface area contributed by atoms with E-state index in [-0.39, 0.29) is 0 Å². The number of aryl methyl sites for hydroxylation is 1. The molecule has 0 fully saturated rings. The molecule has 9 heteroatoms. The van der Waals surface area contributed by atoms with Crippen LogP contribution in [0.4, 0.5) is 13.2 Å². The van der Waals surface area contributed by atoms with Crippen LogP contribution >= 0.6 is 0 Å². The lowest BCUT2D eigenvalue weighted by atomic mass is 10.1. The molecule has 0 spiro atoms. The number of H-pyrrole nitrogens is 1. The van der Waals surface area contributed by atoms with Crippen LogP contribution in [0.15, 0.2) is 66.9 Å². The maximum absolute atomic E-state index is 10.7. The topological polar surface area (TPSA) is 76.9 Å². The molecule has 0 radical (unpaired) electrons. The second kappa shape index (κ2) is 8.29. The van der Waals surface area contributed by atoms with Crippen LogP contribution < -0.4 is 4.57 Å². The Kier molecular flexibility index (Phi) is 5.95. The Hall–Kier alpha value is -3.17. The zero-order chi connectivity index (χ0) is 21.9. The van der Waals surface area contributed by atoms with Gasteiger partial charge in [-0.25, -0.2) is 8.42 Å². The predicted molar refractivity (Wildman–Crippen MR) is 108 cm³/mol. The molecule has 2 aromatic heterocycles. The minimum Gasteiger partial charge on any atom is -0.741 e. The summed E-state index contributed by atoms with van der Waals surface area (Å²) in [6.45, 7) is 0. The normalized spacial score (nSPS) is 12.3. The van der Waals surface area contributed by atoms with Gasteiger partial charge in [0.25, 0.3) is 0 Å². The van der Waals surface area contributed by atoms with Crippen molar-refractivity contribution >= 4 is 44.1 Å². The molecule has 4 aromatic rings. The average molecular weight is 433 g/mol. The lowest BCUT2D eigenvalue weighted by Crippen LogP contribution is -2.32. The highest BCUT2D eigenvalue weighted by atomic mass is 32.2. The summed E-state index contributed by atoms with van der Waals surface area (Å²) in [6, 6.07) is 21.1. The largest absolute Gasteiger partial charge is 0.741 e.